The molecule has 0 aliphatic carbocycles. The van der Waals surface area contributed by atoms with Crippen LogP contribution in [0.15, 0.2) is 42.6 Å². The molecule has 3 aromatic rings. The number of carbonyl (C=O) groups is 2. The van der Waals surface area contributed by atoms with E-state index in [2.05, 4.69) is 20.9 Å². The molecule has 31 heavy (non-hydrogen) atoms. The Morgan fingerprint density at radius 3 is 2.58 bits per heavy atom. The molecule has 8 nitrogen and oxygen atoms in total. The molecule has 9 heteroatoms. The molecule has 1 aromatic heterocycles. The highest BCUT2D eigenvalue weighted by Gasteiger charge is 2.19. The fraction of sp³-hybridized carbons (Fsp3) is 0.273. The molecule has 1 amide bonds. The van der Waals surface area contributed by atoms with Gasteiger partial charge < -0.3 is 15.7 Å². The SMILES string of the molecule is Cc1cc(NC(C)c2cn(-c3cccc(C(=O)N[C@@H](C)C(=O)O)c3C)nn2)ccc1Cl. The largest absolute Gasteiger partial charge is 0.480 e. The maximum Gasteiger partial charge on any atom is 0.325 e. The first-order valence-electron chi connectivity index (χ1n) is 9.76. The molecule has 2 aromatic carbocycles. The van der Waals surface area contributed by atoms with E-state index in [-0.39, 0.29) is 6.04 Å². The zero-order chi connectivity index (χ0) is 22.7. The number of aryl methyl sites for hydroxylation is 1. The highest BCUT2D eigenvalue weighted by atomic mass is 35.5. The molecule has 0 aliphatic rings. The molecule has 3 N–H and O–H groups in total. The van der Waals surface area contributed by atoms with E-state index < -0.39 is 17.9 Å². The molecule has 0 radical (unpaired) electrons. The van der Waals surface area contributed by atoms with Gasteiger partial charge in [0.15, 0.2) is 0 Å². The van der Waals surface area contributed by atoms with E-state index in [9.17, 15) is 9.59 Å². The van der Waals surface area contributed by atoms with Gasteiger partial charge in [0.2, 0.25) is 0 Å². The number of hydrogen-bond donors (Lipinski definition) is 3. The van der Waals surface area contributed by atoms with Crippen molar-refractivity contribution < 1.29 is 14.7 Å². The van der Waals surface area contributed by atoms with E-state index in [1.807, 2.05) is 38.1 Å². The minimum absolute atomic E-state index is 0.113. The van der Waals surface area contributed by atoms with E-state index in [1.165, 1.54) is 6.92 Å². The van der Waals surface area contributed by atoms with Gasteiger partial charge in [-0.25, -0.2) is 4.68 Å². The summed E-state index contributed by atoms with van der Waals surface area (Å²) in [5.74, 6) is -1.55. The number of nitrogens with zero attached hydrogens (tertiary/aromatic N) is 3. The predicted molar refractivity (Wildman–Crippen MR) is 119 cm³/mol. The lowest BCUT2D eigenvalue weighted by Crippen LogP contribution is -2.38. The molecule has 2 atom stereocenters. The van der Waals surface area contributed by atoms with Gasteiger partial charge in [-0.1, -0.05) is 22.9 Å². The standard InChI is InChI=1S/C22H24ClN5O3/c1-12-10-16(8-9-18(12)23)24-14(3)19-11-28(27-26-19)20-7-5-6-17(13(20)2)21(29)25-15(4)22(30)31/h5-11,14-15,24H,1-4H3,(H,25,29)(H,30,31)/t14?,15-/m0/s1. The van der Waals surface area contributed by atoms with Crippen molar-refractivity contribution in [3.63, 3.8) is 0 Å². The van der Waals surface area contributed by atoms with Crippen molar-refractivity contribution in [1.29, 1.82) is 0 Å². The van der Waals surface area contributed by atoms with Gasteiger partial charge in [-0.15, -0.1) is 5.10 Å². The first-order chi connectivity index (χ1) is 14.7. The number of aliphatic carboxylic acids is 1. The van der Waals surface area contributed by atoms with Crippen molar-refractivity contribution in [2.24, 2.45) is 0 Å². The highest BCUT2D eigenvalue weighted by molar-refractivity contribution is 6.31. The molecule has 162 valence electrons. The van der Waals surface area contributed by atoms with E-state index in [0.717, 1.165) is 16.9 Å². The van der Waals surface area contributed by atoms with Gasteiger partial charge in [0.25, 0.3) is 5.91 Å². The molecule has 3 rings (SSSR count). The van der Waals surface area contributed by atoms with Crippen LogP contribution in [0.5, 0.6) is 0 Å². The Morgan fingerprint density at radius 2 is 1.90 bits per heavy atom. The third-order valence-corrected chi connectivity index (χ3v) is 5.43. The van der Waals surface area contributed by atoms with Crippen molar-refractivity contribution in [1.82, 2.24) is 20.3 Å². The summed E-state index contributed by atoms with van der Waals surface area (Å²) in [5, 5.41) is 24.0. The lowest BCUT2D eigenvalue weighted by molar-refractivity contribution is -0.138. The van der Waals surface area contributed by atoms with Gasteiger partial charge in [0, 0.05) is 16.3 Å². The first-order valence-corrected chi connectivity index (χ1v) is 10.1. The lowest BCUT2D eigenvalue weighted by Gasteiger charge is -2.14. The zero-order valence-corrected chi connectivity index (χ0v) is 18.4. The number of nitrogens with one attached hydrogen (secondary N) is 2. The summed E-state index contributed by atoms with van der Waals surface area (Å²) < 4.78 is 1.60. The second kappa shape index (κ2) is 9.18. The van der Waals surface area contributed by atoms with Gasteiger partial charge in [0.1, 0.15) is 11.7 Å². The van der Waals surface area contributed by atoms with E-state index in [4.69, 9.17) is 16.7 Å². The predicted octanol–water partition coefficient (Wildman–Crippen LogP) is 3.91. The van der Waals surface area contributed by atoms with Crippen molar-refractivity contribution in [3.8, 4) is 5.69 Å². The Labute approximate surface area is 185 Å². The second-order valence-electron chi connectivity index (χ2n) is 7.40. The smallest absolute Gasteiger partial charge is 0.325 e. The van der Waals surface area contributed by atoms with Crippen LogP contribution >= 0.6 is 11.6 Å². The maximum atomic E-state index is 12.5. The molecule has 0 spiro atoms. The molecule has 0 aliphatic heterocycles. The summed E-state index contributed by atoms with van der Waals surface area (Å²) in [4.78, 5) is 23.5. The molecule has 0 saturated carbocycles. The Hall–Kier alpha value is -3.39. The number of benzene rings is 2. The Morgan fingerprint density at radius 1 is 1.16 bits per heavy atom. The number of carboxylic acid groups (broad SMARTS) is 1. The van der Waals surface area contributed by atoms with Crippen LogP contribution in [0.3, 0.4) is 0 Å². The van der Waals surface area contributed by atoms with Crippen LogP contribution in [-0.4, -0.2) is 38.0 Å². The number of carbonyl (C=O) groups excluding carboxylic acids is 1. The summed E-state index contributed by atoms with van der Waals surface area (Å²) in [7, 11) is 0. The van der Waals surface area contributed by atoms with Gasteiger partial charge in [0.05, 0.1) is 17.9 Å². The number of aromatic nitrogens is 3. The summed E-state index contributed by atoms with van der Waals surface area (Å²) in [6.45, 7) is 7.12. The summed E-state index contributed by atoms with van der Waals surface area (Å²) in [5.41, 5.74) is 4.36. The van der Waals surface area contributed by atoms with Crippen LogP contribution in [0.25, 0.3) is 5.69 Å². The van der Waals surface area contributed by atoms with Gasteiger partial charge in [-0.05, 0) is 69.2 Å². The van der Waals surface area contributed by atoms with Crippen LogP contribution in [0.1, 0.15) is 47.1 Å². The van der Waals surface area contributed by atoms with Gasteiger partial charge in [-0.2, -0.15) is 0 Å². The van der Waals surface area contributed by atoms with Crippen molar-refractivity contribution in [2.45, 2.75) is 39.8 Å². The topological polar surface area (TPSA) is 109 Å². The lowest BCUT2D eigenvalue weighted by atomic mass is 10.1. The van der Waals surface area contributed by atoms with E-state index in [1.54, 1.807) is 29.9 Å². The number of amides is 1. The normalized spacial score (nSPS) is 12.8. The highest BCUT2D eigenvalue weighted by Crippen LogP contribution is 2.24. The Balaban J connectivity index is 1.81. The van der Waals surface area contributed by atoms with Crippen molar-refractivity contribution >= 4 is 29.2 Å². The van der Waals surface area contributed by atoms with Crippen molar-refractivity contribution in [2.75, 3.05) is 5.32 Å². The van der Waals surface area contributed by atoms with Crippen molar-refractivity contribution in [3.05, 3.63) is 70.0 Å². The summed E-state index contributed by atoms with van der Waals surface area (Å²) in [6.07, 6.45) is 1.80. The molecular formula is C22H24ClN5O3. The minimum Gasteiger partial charge on any atom is -0.480 e. The fourth-order valence-corrected chi connectivity index (χ4v) is 3.22. The van der Waals surface area contributed by atoms with E-state index in [0.29, 0.717) is 21.8 Å². The average Bonchev–Trinajstić information content (AvgIpc) is 3.21. The maximum absolute atomic E-state index is 12.5. The van der Waals surface area contributed by atoms with Crippen LogP contribution in [0.2, 0.25) is 5.02 Å². The van der Waals surface area contributed by atoms with Gasteiger partial charge in [-0.3, -0.25) is 9.59 Å². The number of anilines is 1. The number of halogens is 1. The third-order valence-electron chi connectivity index (χ3n) is 5.01. The first kappa shape index (κ1) is 22.3. The third kappa shape index (κ3) is 5.03. The average molecular weight is 442 g/mol. The number of rotatable bonds is 7. The summed E-state index contributed by atoms with van der Waals surface area (Å²) >= 11 is 6.09. The molecule has 0 bridgehead atoms. The minimum atomic E-state index is -1.10. The zero-order valence-electron chi connectivity index (χ0n) is 17.7. The fourth-order valence-electron chi connectivity index (χ4n) is 3.11. The molecule has 1 unspecified atom stereocenters. The molecule has 0 saturated heterocycles. The molecule has 0 fully saturated rings. The quantitative estimate of drug-likeness (QED) is 0.512. The van der Waals surface area contributed by atoms with Crippen LogP contribution in [0.4, 0.5) is 5.69 Å². The van der Waals surface area contributed by atoms with Crippen LogP contribution < -0.4 is 10.6 Å². The summed E-state index contributed by atoms with van der Waals surface area (Å²) in [6, 6.07) is 9.80. The monoisotopic (exact) mass is 441 g/mol. The van der Waals surface area contributed by atoms with E-state index >= 15 is 0 Å². The van der Waals surface area contributed by atoms with Crippen LogP contribution in [-0.2, 0) is 4.79 Å². The second-order valence-corrected chi connectivity index (χ2v) is 7.81. The van der Waals surface area contributed by atoms with Crippen LogP contribution in [0, 0.1) is 13.8 Å². The Kier molecular flexibility index (Phi) is 6.60. The number of hydrogen-bond acceptors (Lipinski definition) is 5. The molecular weight excluding hydrogens is 418 g/mol. The van der Waals surface area contributed by atoms with Gasteiger partial charge >= 0.3 is 5.97 Å². The number of carboxylic acids is 1. The molecule has 1 heterocycles. The Bertz CT molecular complexity index is 1130.